The zero-order valence-corrected chi connectivity index (χ0v) is 17.5. The number of anilines is 1. The Morgan fingerprint density at radius 1 is 1.13 bits per heavy atom. The summed E-state index contributed by atoms with van der Waals surface area (Å²) in [6.45, 7) is 0.383. The summed E-state index contributed by atoms with van der Waals surface area (Å²) in [5.41, 5.74) is 1.24. The lowest BCUT2D eigenvalue weighted by Crippen LogP contribution is -2.28. The average Bonchev–Trinajstić information content (AvgIpc) is 3.31. The van der Waals surface area contributed by atoms with E-state index < -0.39 is 17.8 Å². The van der Waals surface area contributed by atoms with E-state index in [1.807, 2.05) is 18.2 Å². The van der Waals surface area contributed by atoms with Crippen LogP contribution in [0.3, 0.4) is 0 Å². The van der Waals surface area contributed by atoms with Crippen molar-refractivity contribution in [2.75, 3.05) is 5.32 Å². The predicted octanol–water partition coefficient (Wildman–Crippen LogP) is 5.16. The van der Waals surface area contributed by atoms with Crippen LogP contribution in [0.5, 0.6) is 0 Å². The van der Waals surface area contributed by atoms with Gasteiger partial charge in [0.05, 0.1) is 22.8 Å². The number of nitrogens with zero attached hydrogens (tertiary/aromatic N) is 3. The van der Waals surface area contributed by atoms with Gasteiger partial charge in [0.2, 0.25) is 6.10 Å². The number of halogens is 4. The molecule has 1 unspecified atom stereocenters. The summed E-state index contributed by atoms with van der Waals surface area (Å²) in [4.78, 5) is 17.7. The summed E-state index contributed by atoms with van der Waals surface area (Å²) < 4.78 is 15.6. The van der Waals surface area contributed by atoms with Gasteiger partial charge in [-0.05, 0) is 23.8 Å². The van der Waals surface area contributed by atoms with Gasteiger partial charge in [-0.2, -0.15) is 5.10 Å². The number of oxime groups is 1. The Kier molecular flexibility index (Phi) is 5.94. The van der Waals surface area contributed by atoms with Crippen LogP contribution in [-0.4, -0.2) is 27.5 Å². The lowest BCUT2D eigenvalue weighted by Gasteiger charge is -2.08. The maximum Gasteiger partial charge on any atom is 0.269 e. The zero-order chi connectivity index (χ0) is 21.3. The fourth-order valence-electron chi connectivity index (χ4n) is 3.00. The zero-order valence-electron chi connectivity index (χ0n) is 15.3. The van der Waals surface area contributed by atoms with E-state index in [0.29, 0.717) is 11.6 Å². The van der Waals surface area contributed by atoms with Crippen LogP contribution in [0.4, 0.5) is 10.2 Å². The van der Waals surface area contributed by atoms with E-state index >= 15 is 0 Å². The van der Waals surface area contributed by atoms with E-state index in [-0.39, 0.29) is 33.6 Å². The summed E-state index contributed by atoms with van der Waals surface area (Å²) in [6, 6.07) is 11.6. The molecule has 0 fully saturated rings. The fourth-order valence-corrected chi connectivity index (χ4v) is 3.67. The average molecular weight is 468 g/mol. The number of carbonyl (C=O) groups is 1. The SMILES string of the molecule is O=C(Nc1nn(Cc2ccccc2Cl)cc1Cl)C1CC(c2c(F)cccc2Cl)=NO1. The molecule has 0 saturated heterocycles. The summed E-state index contributed by atoms with van der Waals surface area (Å²) in [5.74, 6) is -0.868. The molecule has 30 heavy (non-hydrogen) atoms. The largest absolute Gasteiger partial charge is 0.382 e. The van der Waals surface area contributed by atoms with Crippen molar-refractivity contribution in [3.8, 4) is 0 Å². The first kappa shape index (κ1) is 20.7. The molecule has 6 nitrogen and oxygen atoms in total. The standard InChI is InChI=1S/C20H14Cl3FN4O2/c21-12-5-2-1-4-11(12)9-28-10-14(23)19(26-28)25-20(29)17-8-16(27-30-17)18-13(22)6-3-7-15(18)24/h1-7,10,17H,8-9H2,(H,25,26,29). The molecule has 1 N–H and O–H groups in total. The summed E-state index contributed by atoms with van der Waals surface area (Å²) >= 11 is 18.4. The fraction of sp³-hybridized carbons (Fsp3) is 0.150. The van der Waals surface area contributed by atoms with Crippen LogP contribution in [0.2, 0.25) is 15.1 Å². The first-order valence-electron chi connectivity index (χ1n) is 8.86. The highest BCUT2D eigenvalue weighted by molar-refractivity contribution is 6.34. The molecule has 0 saturated carbocycles. The Bertz CT molecular complexity index is 1130. The molecule has 2 heterocycles. The molecule has 0 radical (unpaired) electrons. The Balaban J connectivity index is 1.43. The smallest absolute Gasteiger partial charge is 0.269 e. The molecule has 2 aromatic carbocycles. The molecule has 0 aliphatic carbocycles. The third-order valence-electron chi connectivity index (χ3n) is 4.46. The van der Waals surface area contributed by atoms with Crippen molar-refractivity contribution in [2.45, 2.75) is 19.1 Å². The number of benzene rings is 2. The van der Waals surface area contributed by atoms with Gasteiger partial charge >= 0.3 is 0 Å². The van der Waals surface area contributed by atoms with Crippen LogP contribution in [0.25, 0.3) is 0 Å². The van der Waals surface area contributed by atoms with Crippen molar-refractivity contribution in [3.63, 3.8) is 0 Å². The molecule has 154 valence electrons. The van der Waals surface area contributed by atoms with Crippen molar-refractivity contribution in [1.82, 2.24) is 9.78 Å². The van der Waals surface area contributed by atoms with Gasteiger partial charge in [0.1, 0.15) is 10.8 Å². The highest BCUT2D eigenvalue weighted by Gasteiger charge is 2.32. The van der Waals surface area contributed by atoms with Gasteiger partial charge in [0.15, 0.2) is 5.82 Å². The second kappa shape index (κ2) is 8.63. The molecule has 0 spiro atoms. The van der Waals surface area contributed by atoms with Gasteiger partial charge in [-0.15, -0.1) is 0 Å². The van der Waals surface area contributed by atoms with Crippen molar-refractivity contribution in [3.05, 3.63) is 80.7 Å². The maximum absolute atomic E-state index is 14.1. The number of rotatable bonds is 5. The molecule has 1 aliphatic rings. The van der Waals surface area contributed by atoms with Gasteiger partial charge < -0.3 is 10.2 Å². The van der Waals surface area contributed by atoms with E-state index in [9.17, 15) is 9.18 Å². The van der Waals surface area contributed by atoms with Gasteiger partial charge in [0, 0.05) is 17.6 Å². The van der Waals surface area contributed by atoms with Crippen molar-refractivity contribution in [2.24, 2.45) is 5.16 Å². The first-order valence-corrected chi connectivity index (χ1v) is 10.00. The molecule has 1 atom stereocenters. The molecule has 1 aromatic heterocycles. The quantitative estimate of drug-likeness (QED) is 0.563. The van der Waals surface area contributed by atoms with Gasteiger partial charge in [0.25, 0.3) is 5.91 Å². The third-order valence-corrected chi connectivity index (χ3v) is 5.42. The second-order valence-corrected chi connectivity index (χ2v) is 7.76. The van der Waals surface area contributed by atoms with Crippen molar-refractivity contribution < 1.29 is 14.0 Å². The Hall–Kier alpha value is -2.61. The highest BCUT2D eigenvalue weighted by Crippen LogP contribution is 2.27. The topological polar surface area (TPSA) is 68.5 Å². The number of nitrogens with one attached hydrogen (secondary N) is 1. The molecule has 3 aromatic rings. The number of aromatic nitrogens is 2. The number of hydrogen-bond acceptors (Lipinski definition) is 4. The molecular weight excluding hydrogens is 454 g/mol. The Morgan fingerprint density at radius 2 is 1.90 bits per heavy atom. The molecule has 1 amide bonds. The minimum atomic E-state index is -0.958. The lowest BCUT2D eigenvalue weighted by molar-refractivity contribution is -0.125. The molecule has 0 bridgehead atoms. The summed E-state index contributed by atoms with van der Waals surface area (Å²) in [7, 11) is 0. The minimum Gasteiger partial charge on any atom is -0.382 e. The van der Waals surface area contributed by atoms with Gasteiger partial charge in [-0.3, -0.25) is 9.48 Å². The first-order chi connectivity index (χ1) is 14.4. The van der Waals surface area contributed by atoms with E-state index in [1.54, 1.807) is 23.0 Å². The van der Waals surface area contributed by atoms with Gasteiger partial charge in [-0.1, -0.05) is 64.2 Å². The van der Waals surface area contributed by atoms with Crippen LogP contribution >= 0.6 is 34.8 Å². The maximum atomic E-state index is 14.1. The van der Waals surface area contributed by atoms with E-state index in [4.69, 9.17) is 39.6 Å². The van der Waals surface area contributed by atoms with E-state index in [2.05, 4.69) is 15.6 Å². The van der Waals surface area contributed by atoms with Crippen LogP contribution in [0.1, 0.15) is 17.5 Å². The third kappa shape index (κ3) is 4.28. The number of amides is 1. The summed E-state index contributed by atoms with van der Waals surface area (Å²) in [5, 5.41) is 11.8. The Morgan fingerprint density at radius 3 is 2.67 bits per heavy atom. The summed E-state index contributed by atoms with van der Waals surface area (Å²) in [6.07, 6.45) is 0.682. The number of hydrogen-bond donors (Lipinski definition) is 1. The van der Waals surface area contributed by atoms with E-state index in [1.165, 1.54) is 12.1 Å². The molecule has 1 aliphatic heterocycles. The van der Waals surface area contributed by atoms with E-state index in [0.717, 1.165) is 5.56 Å². The van der Waals surface area contributed by atoms with Crippen LogP contribution in [0, 0.1) is 5.82 Å². The van der Waals surface area contributed by atoms with Gasteiger partial charge in [-0.25, -0.2) is 4.39 Å². The van der Waals surface area contributed by atoms with Crippen molar-refractivity contribution >= 4 is 52.2 Å². The minimum absolute atomic E-state index is 0.0600. The Labute approximate surface area is 186 Å². The second-order valence-electron chi connectivity index (χ2n) is 6.54. The predicted molar refractivity (Wildman–Crippen MR) is 114 cm³/mol. The number of carbonyl (C=O) groups excluding carboxylic acids is 1. The lowest BCUT2D eigenvalue weighted by atomic mass is 10.0. The van der Waals surface area contributed by atoms with Crippen molar-refractivity contribution in [1.29, 1.82) is 0 Å². The molecule has 4 rings (SSSR count). The van der Waals surface area contributed by atoms with Crippen LogP contribution in [-0.2, 0) is 16.2 Å². The van der Waals surface area contributed by atoms with Crippen LogP contribution in [0.15, 0.2) is 53.8 Å². The normalized spacial score (nSPS) is 15.6. The van der Waals surface area contributed by atoms with Crippen LogP contribution < -0.4 is 5.32 Å². The highest BCUT2D eigenvalue weighted by atomic mass is 35.5. The monoisotopic (exact) mass is 466 g/mol. The molecular formula is C20H14Cl3FN4O2. The molecule has 10 heteroatoms.